The summed E-state index contributed by atoms with van der Waals surface area (Å²) in [5.41, 5.74) is 0. The highest BCUT2D eigenvalue weighted by molar-refractivity contribution is 14.1. The van der Waals surface area contributed by atoms with Gasteiger partial charge in [0, 0.05) is 0 Å². The van der Waals surface area contributed by atoms with Gasteiger partial charge in [0.25, 0.3) is 0 Å². The van der Waals surface area contributed by atoms with Crippen molar-refractivity contribution in [2.75, 3.05) is 7.11 Å². The van der Waals surface area contributed by atoms with E-state index in [0.717, 1.165) is 0 Å². The SMILES string of the molecule is COC(=O)[N]I. The third-order valence-corrected chi connectivity index (χ3v) is 0.638. The molecule has 0 aromatic heterocycles. The summed E-state index contributed by atoms with van der Waals surface area (Å²) < 4.78 is 7.20. The number of carbonyl (C=O) groups excluding carboxylic acids is 1. The molecule has 0 rings (SSSR count). The van der Waals surface area contributed by atoms with Gasteiger partial charge >= 0.3 is 6.09 Å². The van der Waals surface area contributed by atoms with E-state index < -0.39 is 6.09 Å². The van der Waals surface area contributed by atoms with Gasteiger partial charge in [-0.1, -0.05) is 0 Å². The van der Waals surface area contributed by atoms with E-state index in [0.29, 0.717) is 0 Å². The van der Waals surface area contributed by atoms with Gasteiger partial charge in [-0.05, 0) is 0 Å². The van der Waals surface area contributed by atoms with Gasteiger partial charge in [-0.3, -0.25) is 0 Å². The lowest BCUT2D eigenvalue weighted by atomic mass is 11.3. The minimum absolute atomic E-state index is 0.546. The van der Waals surface area contributed by atoms with Gasteiger partial charge in [-0.15, -0.1) is 3.53 Å². The van der Waals surface area contributed by atoms with Crippen molar-refractivity contribution in [1.29, 1.82) is 0 Å². The maximum atomic E-state index is 9.78. The van der Waals surface area contributed by atoms with Gasteiger partial charge in [0.15, 0.2) is 0 Å². The second kappa shape index (κ2) is 3.20. The molecule has 0 saturated heterocycles. The van der Waals surface area contributed by atoms with E-state index >= 15 is 0 Å². The van der Waals surface area contributed by atoms with Crippen LogP contribution in [0.1, 0.15) is 0 Å². The molecule has 0 aromatic carbocycles. The zero-order chi connectivity index (χ0) is 4.99. The number of ether oxygens (including phenoxy) is 1. The molecular formula is C2H3INO2. The van der Waals surface area contributed by atoms with Crippen molar-refractivity contribution in [1.82, 2.24) is 3.53 Å². The van der Waals surface area contributed by atoms with Crippen LogP contribution in [-0.2, 0) is 4.74 Å². The molecule has 0 spiro atoms. The van der Waals surface area contributed by atoms with E-state index in [1.807, 2.05) is 0 Å². The van der Waals surface area contributed by atoms with Crippen molar-refractivity contribution in [3.63, 3.8) is 0 Å². The minimum atomic E-state index is -0.546. The molecule has 0 N–H and O–H groups in total. The van der Waals surface area contributed by atoms with E-state index in [-0.39, 0.29) is 0 Å². The molecule has 0 aliphatic rings. The highest BCUT2D eigenvalue weighted by atomic mass is 127. The normalized spacial score (nSPS) is 7.00. The Hall–Kier alpha value is 0. The molecule has 0 unspecified atom stereocenters. The number of rotatable bonds is 0. The average molecular weight is 200 g/mol. The van der Waals surface area contributed by atoms with E-state index in [1.165, 1.54) is 7.11 Å². The van der Waals surface area contributed by atoms with Gasteiger partial charge in [0.1, 0.15) is 0 Å². The van der Waals surface area contributed by atoms with Crippen LogP contribution in [0.15, 0.2) is 0 Å². The first kappa shape index (κ1) is 6.00. The average Bonchev–Trinajstić information content (AvgIpc) is 1.65. The lowest BCUT2D eigenvalue weighted by Gasteiger charge is -1.85. The van der Waals surface area contributed by atoms with E-state index in [4.69, 9.17) is 0 Å². The lowest BCUT2D eigenvalue weighted by Crippen LogP contribution is -2.02. The second-order valence-electron chi connectivity index (χ2n) is 0.555. The topological polar surface area (TPSA) is 40.4 Å². The maximum absolute atomic E-state index is 9.78. The van der Waals surface area contributed by atoms with E-state index in [1.54, 1.807) is 22.9 Å². The smallest absolute Gasteiger partial charge is 0.438 e. The molecule has 0 aromatic rings. The Balaban J connectivity index is 2.99. The lowest BCUT2D eigenvalue weighted by molar-refractivity contribution is 0.179. The second-order valence-corrected chi connectivity index (χ2v) is 1.04. The number of halogens is 1. The zero-order valence-corrected chi connectivity index (χ0v) is 5.30. The first-order chi connectivity index (χ1) is 2.81. The molecule has 0 heterocycles. The summed E-state index contributed by atoms with van der Waals surface area (Å²) in [6.45, 7) is 0. The van der Waals surface area contributed by atoms with Crippen molar-refractivity contribution in [2.45, 2.75) is 0 Å². The Labute approximate surface area is 49.5 Å². The van der Waals surface area contributed by atoms with Crippen molar-refractivity contribution in [3.05, 3.63) is 0 Å². The fourth-order valence-corrected chi connectivity index (χ4v) is 0.231. The molecule has 0 bridgehead atoms. The van der Waals surface area contributed by atoms with Crippen molar-refractivity contribution in [2.24, 2.45) is 0 Å². The molecule has 3 nitrogen and oxygen atoms in total. The van der Waals surface area contributed by atoms with Gasteiger partial charge in [0.05, 0.1) is 30.0 Å². The number of hydrogen-bond donors (Lipinski definition) is 0. The molecule has 1 radical (unpaired) electrons. The number of methoxy groups -OCH3 is 1. The molecule has 6 heavy (non-hydrogen) atoms. The summed E-state index contributed by atoms with van der Waals surface area (Å²) in [7, 11) is 1.28. The van der Waals surface area contributed by atoms with Crippen LogP contribution in [0.5, 0.6) is 0 Å². The van der Waals surface area contributed by atoms with Crippen molar-refractivity contribution < 1.29 is 9.53 Å². The quantitative estimate of drug-likeness (QED) is 0.540. The van der Waals surface area contributed by atoms with Crippen LogP contribution in [0.4, 0.5) is 4.79 Å². The van der Waals surface area contributed by atoms with Crippen molar-refractivity contribution in [3.8, 4) is 0 Å². The molecule has 0 saturated carbocycles. The molecule has 0 aliphatic heterocycles. The van der Waals surface area contributed by atoms with E-state index in [2.05, 4.69) is 8.27 Å². The van der Waals surface area contributed by atoms with Gasteiger partial charge in [-0.2, -0.15) is 0 Å². The van der Waals surface area contributed by atoms with Gasteiger partial charge < -0.3 is 4.74 Å². The van der Waals surface area contributed by atoms with Gasteiger partial charge in [0.2, 0.25) is 0 Å². The first-order valence-corrected chi connectivity index (χ1v) is 2.17. The Morgan fingerprint density at radius 1 is 2.00 bits per heavy atom. The Morgan fingerprint density at radius 2 is 2.50 bits per heavy atom. The maximum Gasteiger partial charge on any atom is 0.438 e. The Morgan fingerprint density at radius 3 is 2.50 bits per heavy atom. The third-order valence-electron chi connectivity index (χ3n) is 0.244. The summed E-state index contributed by atoms with van der Waals surface area (Å²) in [6, 6.07) is 0. The largest absolute Gasteiger partial charge is 0.451 e. The molecule has 0 atom stereocenters. The number of amides is 1. The fourth-order valence-electron chi connectivity index (χ4n) is 0.0345. The fraction of sp³-hybridized carbons (Fsp3) is 0.500. The van der Waals surface area contributed by atoms with Crippen LogP contribution >= 0.6 is 22.9 Å². The molecule has 0 aliphatic carbocycles. The summed E-state index contributed by atoms with van der Waals surface area (Å²) in [5, 5.41) is 0. The highest BCUT2D eigenvalue weighted by Crippen LogP contribution is 1.77. The van der Waals surface area contributed by atoms with Crippen LogP contribution < -0.4 is 3.53 Å². The molecule has 1 amide bonds. The van der Waals surface area contributed by atoms with Gasteiger partial charge in [-0.25, -0.2) is 4.79 Å². The van der Waals surface area contributed by atoms with E-state index in [9.17, 15) is 4.79 Å². The zero-order valence-electron chi connectivity index (χ0n) is 3.14. The Kier molecular flexibility index (Phi) is 3.20. The molecule has 4 heteroatoms. The first-order valence-electron chi connectivity index (χ1n) is 1.21. The summed E-state index contributed by atoms with van der Waals surface area (Å²) in [5.74, 6) is 0. The van der Waals surface area contributed by atoms with Crippen LogP contribution in [-0.4, -0.2) is 13.2 Å². The third kappa shape index (κ3) is 2.25. The number of carbonyl (C=O) groups is 1. The molecule has 0 fully saturated rings. The number of nitrogens with zero attached hydrogens (tertiary/aromatic N) is 1. The number of hydrogen-bond acceptors (Lipinski definition) is 2. The standard InChI is InChI=1S/C2H3INO2/c1-6-2(5)4-3/h1H3. The van der Waals surface area contributed by atoms with Crippen LogP contribution in [0, 0.1) is 0 Å². The van der Waals surface area contributed by atoms with Crippen LogP contribution in [0.25, 0.3) is 0 Å². The molecule has 35 valence electrons. The van der Waals surface area contributed by atoms with Crippen LogP contribution in [0.3, 0.4) is 0 Å². The predicted molar refractivity (Wildman–Crippen MR) is 28.6 cm³/mol. The minimum Gasteiger partial charge on any atom is -0.451 e. The van der Waals surface area contributed by atoms with Crippen molar-refractivity contribution >= 4 is 29.0 Å². The summed E-state index contributed by atoms with van der Waals surface area (Å²) >= 11 is 1.56. The highest BCUT2D eigenvalue weighted by Gasteiger charge is 1.90. The Bertz CT molecular complexity index is 49.5. The molecular weight excluding hydrogens is 197 g/mol. The monoisotopic (exact) mass is 200 g/mol. The van der Waals surface area contributed by atoms with Crippen LogP contribution in [0.2, 0.25) is 0 Å². The summed E-state index contributed by atoms with van der Waals surface area (Å²) in [4.78, 5) is 9.78. The summed E-state index contributed by atoms with van der Waals surface area (Å²) in [6.07, 6.45) is -0.546. The predicted octanol–water partition coefficient (Wildman–Crippen LogP) is 0.707.